The lowest BCUT2D eigenvalue weighted by Gasteiger charge is -2.20. The Morgan fingerprint density at radius 3 is 2.36 bits per heavy atom. The van der Waals surface area contributed by atoms with Gasteiger partial charge in [0.25, 0.3) is 0 Å². The molecule has 0 atom stereocenters. The third kappa shape index (κ3) is 12.6. The highest BCUT2D eigenvalue weighted by Gasteiger charge is 2.06. The van der Waals surface area contributed by atoms with Crippen molar-refractivity contribution in [1.29, 1.82) is 0 Å². The first kappa shape index (κ1) is 14.6. The van der Waals surface area contributed by atoms with Crippen molar-refractivity contribution in [3.05, 3.63) is 0 Å². The van der Waals surface area contributed by atoms with Crippen LogP contribution in [-0.2, 0) is 7.80 Å². The minimum Gasteiger partial charge on any atom is -0.379 e. The predicted octanol–water partition coefficient (Wildman–Crippen LogP) is 2.54. The Hall–Kier alpha value is 0.610. The van der Waals surface area contributed by atoms with Crippen LogP contribution in [0.2, 0.25) is 0 Å². The predicted molar refractivity (Wildman–Crippen MR) is 67.8 cm³/mol. The number of unbranched alkanes of at least 4 members (excludes halogenated alkanes) is 1. The Morgan fingerprint density at radius 1 is 1.07 bits per heavy atom. The van der Waals surface area contributed by atoms with Crippen molar-refractivity contribution in [3.8, 4) is 0 Å². The molecule has 0 bridgehead atoms. The summed E-state index contributed by atoms with van der Waals surface area (Å²) in [7, 11) is 0. The lowest BCUT2D eigenvalue weighted by atomic mass is 10.1. The van der Waals surface area contributed by atoms with E-state index in [-0.39, 0.29) is 5.54 Å². The van der Waals surface area contributed by atoms with Gasteiger partial charge in [0, 0.05) is 12.1 Å². The molecule has 0 saturated carbocycles. The Labute approximate surface area is 102 Å². The monoisotopic (exact) mass is 315 g/mol. The fourth-order valence-corrected chi connectivity index (χ4v) is 1.16. The van der Waals surface area contributed by atoms with Crippen LogP contribution in [-0.4, -0.2) is 31.9 Å². The SMILES string of the molecule is CC(C)(C)NCCCCOCCOI. The van der Waals surface area contributed by atoms with E-state index in [0.717, 1.165) is 19.6 Å². The summed E-state index contributed by atoms with van der Waals surface area (Å²) >= 11 is 1.88. The van der Waals surface area contributed by atoms with Crippen LogP contribution in [0.5, 0.6) is 0 Å². The molecule has 86 valence electrons. The van der Waals surface area contributed by atoms with E-state index < -0.39 is 0 Å². The fraction of sp³-hybridized carbons (Fsp3) is 1.00. The van der Waals surface area contributed by atoms with Gasteiger partial charge in [-0.05, 0) is 40.2 Å². The van der Waals surface area contributed by atoms with Crippen molar-refractivity contribution in [1.82, 2.24) is 5.32 Å². The topological polar surface area (TPSA) is 30.5 Å². The van der Waals surface area contributed by atoms with Crippen LogP contribution in [0.3, 0.4) is 0 Å². The average Bonchev–Trinajstić information content (AvgIpc) is 2.08. The zero-order valence-electron chi connectivity index (χ0n) is 9.44. The number of hydrogen-bond acceptors (Lipinski definition) is 3. The molecule has 0 spiro atoms. The zero-order valence-corrected chi connectivity index (χ0v) is 11.6. The lowest BCUT2D eigenvalue weighted by Crippen LogP contribution is -2.36. The molecule has 0 saturated heterocycles. The van der Waals surface area contributed by atoms with Crippen molar-refractivity contribution in [2.45, 2.75) is 39.2 Å². The molecule has 3 nitrogen and oxygen atoms in total. The summed E-state index contributed by atoms with van der Waals surface area (Å²) in [5, 5.41) is 3.44. The Morgan fingerprint density at radius 2 is 1.79 bits per heavy atom. The molecule has 0 aliphatic heterocycles. The smallest absolute Gasteiger partial charge is 0.109 e. The molecule has 0 aromatic rings. The number of hydrogen-bond donors (Lipinski definition) is 1. The summed E-state index contributed by atoms with van der Waals surface area (Å²) in [5.41, 5.74) is 0.232. The molecule has 0 unspecified atom stereocenters. The standard InChI is InChI=1S/C10H22INO2/c1-10(2,3)12-6-4-5-7-13-8-9-14-11/h12H,4-9H2,1-3H3. The summed E-state index contributed by atoms with van der Waals surface area (Å²) in [6.07, 6.45) is 2.28. The Kier molecular flexibility index (Phi) is 9.27. The molecule has 0 amide bonds. The highest BCUT2D eigenvalue weighted by molar-refractivity contribution is 14.1. The van der Waals surface area contributed by atoms with Gasteiger partial charge in [-0.3, -0.25) is 0 Å². The lowest BCUT2D eigenvalue weighted by molar-refractivity contribution is 0.109. The van der Waals surface area contributed by atoms with Gasteiger partial charge in [-0.25, -0.2) is 0 Å². The second kappa shape index (κ2) is 8.88. The fourth-order valence-electron chi connectivity index (χ4n) is 0.985. The van der Waals surface area contributed by atoms with Gasteiger partial charge in [0.1, 0.15) is 23.0 Å². The Balaban J connectivity index is 2.99. The van der Waals surface area contributed by atoms with Crippen LogP contribution in [0.1, 0.15) is 33.6 Å². The van der Waals surface area contributed by atoms with E-state index in [1.54, 1.807) is 0 Å². The summed E-state index contributed by atoms with van der Waals surface area (Å²) in [6.45, 7) is 9.83. The highest BCUT2D eigenvalue weighted by Crippen LogP contribution is 1.99. The largest absolute Gasteiger partial charge is 0.379 e. The van der Waals surface area contributed by atoms with E-state index in [0.29, 0.717) is 13.2 Å². The van der Waals surface area contributed by atoms with Gasteiger partial charge in [0.2, 0.25) is 0 Å². The average molecular weight is 315 g/mol. The van der Waals surface area contributed by atoms with Gasteiger partial charge in [-0.15, -0.1) is 0 Å². The maximum Gasteiger partial charge on any atom is 0.109 e. The number of ether oxygens (including phenoxy) is 1. The first-order valence-electron chi connectivity index (χ1n) is 5.12. The Bertz CT molecular complexity index is 126. The summed E-state index contributed by atoms with van der Waals surface area (Å²) < 4.78 is 10.2. The van der Waals surface area contributed by atoms with Gasteiger partial charge in [0.15, 0.2) is 0 Å². The first-order valence-corrected chi connectivity index (χ1v) is 6.00. The van der Waals surface area contributed by atoms with Gasteiger partial charge in [-0.1, -0.05) is 0 Å². The van der Waals surface area contributed by atoms with Gasteiger partial charge in [-0.2, -0.15) is 0 Å². The van der Waals surface area contributed by atoms with Gasteiger partial charge >= 0.3 is 0 Å². The molecular formula is C10H22INO2. The van der Waals surface area contributed by atoms with Crippen molar-refractivity contribution in [2.24, 2.45) is 0 Å². The molecule has 0 aromatic carbocycles. The van der Waals surface area contributed by atoms with Crippen molar-refractivity contribution in [2.75, 3.05) is 26.4 Å². The molecule has 0 fully saturated rings. The minimum atomic E-state index is 0.232. The minimum absolute atomic E-state index is 0.232. The summed E-state index contributed by atoms with van der Waals surface area (Å²) in [5.74, 6) is 0. The van der Waals surface area contributed by atoms with Crippen molar-refractivity contribution in [3.63, 3.8) is 0 Å². The summed E-state index contributed by atoms with van der Waals surface area (Å²) in [4.78, 5) is 0. The van der Waals surface area contributed by atoms with Crippen LogP contribution < -0.4 is 5.32 Å². The van der Waals surface area contributed by atoms with Gasteiger partial charge < -0.3 is 13.1 Å². The molecule has 0 aliphatic rings. The molecule has 0 radical (unpaired) electrons. The highest BCUT2D eigenvalue weighted by atomic mass is 127. The molecule has 0 aliphatic carbocycles. The maximum atomic E-state index is 5.35. The molecule has 4 heteroatoms. The first-order chi connectivity index (χ1) is 6.56. The van der Waals surface area contributed by atoms with E-state index in [2.05, 4.69) is 26.1 Å². The quantitative estimate of drug-likeness (QED) is 0.551. The number of halogens is 1. The zero-order chi connectivity index (χ0) is 10.9. The van der Waals surface area contributed by atoms with Crippen LogP contribution in [0.4, 0.5) is 0 Å². The van der Waals surface area contributed by atoms with Crippen LogP contribution in [0.25, 0.3) is 0 Å². The van der Waals surface area contributed by atoms with E-state index in [1.165, 1.54) is 6.42 Å². The van der Waals surface area contributed by atoms with Crippen LogP contribution >= 0.6 is 23.0 Å². The second-order valence-electron chi connectivity index (χ2n) is 4.31. The second-order valence-corrected chi connectivity index (χ2v) is 4.93. The molecule has 1 N–H and O–H groups in total. The van der Waals surface area contributed by atoms with Crippen molar-refractivity contribution < 1.29 is 7.80 Å². The third-order valence-electron chi connectivity index (χ3n) is 1.68. The van der Waals surface area contributed by atoms with Gasteiger partial charge in [0.05, 0.1) is 13.2 Å². The van der Waals surface area contributed by atoms with Crippen molar-refractivity contribution >= 4 is 23.0 Å². The van der Waals surface area contributed by atoms with Crippen LogP contribution in [0.15, 0.2) is 0 Å². The van der Waals surface area contributed by atoms with E-state index >= 15 is 0 Å². The molecule has 14 heavy (non-hydrogen) atoms. The number of rotatable bonds is 8. The summed E-state index contributed by atoms with van der Waals surface area (Å²) in [6, 6.07) is 0. The number of nitrogens with one attached hydrogen (secondary N) is 1. The van der Waals surface area contributed by atoms with E-state index in [9.17, 15) is 0 Å². The molecule has 0 aromatic heterocycles. The molecule has 0 rings (SSSR count). The molecule has 0 heterocycles. The normalized spacial score (nSPS) is 12.0. The molecular weight excluding hydrogens is 293 g/mol. The van der Waals surface area contributed by atoms with E-state index in [1.807, 2.05) is 23.0 Å². The van der Waals surface area contributed by atoms with E-state index in [4.69, 9.17) is 7.80 Å². The van der Waals surface area contributed by atoms with Crippen LogP contribution in [0, 0.1) is 0 Å². The maximum absolute atomic E-state index is 5.35. The third-order valence-corrected chi connectivity index (χ3v) is 2.12.